The van der Waals surface area contributed by atoms with E-state index in [1.54, 1.807) is 6.07 Å². The van der Waals surface area contributed by atoms with E-state index in [9.17, 15) is 0 Å². The summed E-state index contributed by atoms with van der Waals surface area (Å²) in [7, 11) is 0. The van der Waals surface area contributed by atoms with Crippen LogP contribution in [0.3, 0.4) is 0 Å². The van der Waals surface area contributed by atoms with Crippen molar-refractivity contribution in [2.45, 2.75) is 6.42 Å². The van der Waals surface area contributed by atoms with Crippen molar-refractivity contribution in [1.29, 1.82) is 0 Å². The zero-order valence-corrected chi connectivity index (χ0v) is 10.7. The lowest BCUT2D eigenvalue weighted by molar-refractivity contribution is 0.299. The third-order valence-electron chi connectivity index (χ3n) is 2.55. The van der Waals surface area contributed by atoms with Gasteiger partial charge in [-0.3, -0.25) is 0 Å². The molecule has 0 aromatic heterocycles. The van der Waals surface area contributed by atoms with Gasteiger partial charge in [0.05, 0.1) is 0 Å². The quantitative estimate of drug-likeness (QED) is 0.883. The second-order valence-corrected chi connectivity index (χ2v) is 4.70. The van der Waals surface area contributed by atoms with Crippen LogP contribution >= 0.6 is 23.2 Å². The molecule has 88 valence electrons. The van der Waals surface area contributed by atoms with Crippen LogP contribution in [0.2, 0.25) is 10.0 Å². The Hall–Kier alpha value is -1.02. The SMILES string of the molecule is OCCc1ccc(-c2cc(Cl)cc(Cl)c2)cc1. The van der Waals surface area contributed by atoms with Gasteiger partial charge in [-0.25, -0.2) is 0 Å². The van der Waals surface area contributed by atoms with Crippen LogP contribution in [0.1, 0.15) is 5.56 Å². The van der Waals surface area contributed by atoms with Gasteiger partial charge >= 0.3 is 0 Å². The molecule has 0 unspecified atom stereocenters. The van der Waals surface area contributed by atoms with Gasteiger partial charge < -0.3 is 5.11 Å². The molecule has 0 fully saturated rings. The third kappa shape index (κ3) is 3.22. The summed E-state index contributed by atoms with van der Waals surface area (Å²) in [4.78, 5) is 0. The van der Waals surface area contributed by atoms with Crippen LogP contribution in [0.4, 0.5) is 0 Å². The third-order valence-corrected chi connectivity index (χ3v) is 2.99. The number of aliphatic hydroxyl groups excluding tert-OH is 1. The molecular weight excluding hydrogens is 255 g/mol. The smallest absolute Gasteiger partial charge is 0.0471 e. The van der Waals surface area contributed by atoms with E-state index in [0.717, 1.165) is 16.7 Å². The molecule has 0 bridgehead atoms. The summed E-state index contributed by atoms with van der Waals surface area (Å²) in [5, 5.41) is 10.1. The van der Waals surface area contributed by atoms with Gasteiger partial charge in [0.15, 0.2) is 0 Å². The predicted molar refractivity (Wildman–Crippen MR) is 72.7 cm³/mol. The van der Waals surface area contributed by atoms with Crippen LogP contribution in [-0.4, -0.2) is 11.7 Å². The van der Waals surface area contributed by atoms with Gasteiger partial charge in [-0.15, -0.1) is 0 Å². The largest absolute Gasteiger partial charge is 0.396 e. The number of benzene rings is 2. The van der Waals surface area contributed by atoms with Gasteiger partial charge in [-0.05, 0) is 41.3 Å². The van der Waals surface area contributed by atoms with Gasteiger partial charge in [-0.1, -0.05) is 47.5 Å². The van der Waals surface area contributed by atoms with Gasteiger partial charge in [-0.2, -0.15) is 0 Å². The molecule has 0 atom stereocenters. The second-order valence-electron chi connectivity index (χ2n) is 3.83. The molecule has 0 amide bonds. The van der Waals surface area contributed by atoms with Crippen LogP contribution in [0, 0.1) is 0 Å². The Bertz CT molecular complexity index is 486. The first-order valence-electron chi connectivity index (χ1n) is 5.35. The Labute approximate surface area is 111 Å². The van der Waals surface area contributed by atoms with Crippen LogP contribution in [0.25, 0.3) is 11.1 Å². The fraction of sp³-hybridized carbons (Fsp3) is 0.143. The molecule has 1 nitrogen and oxygen atoms in total. The average Bonchev–Trinajstić information content (AvgIpc) is 2.29. The van der Waals surface area contributed by atoms with Gasteiger partial charge in [0.1, 0.15) is 0 Å². The molecule has 3 heteroatoms. The summed E-state index contributed by atoms with van der Waals surface area (Å²) >= 11 is 11.9. The lowest BCUT2D eigenvalue weighted by Crippen LogP contribution is -1.89. The lowest BCUT2D eigenvalue weighted by Gasteiger charge is -2.05. The molecule has 0 saturated heterocycles. The van der Waals surface area contributed by atoms with Crippen molar-refractivity contribution in [2.24, 2.45) is 0 Å². The highest BCUT2D eigenvalue weighted by Gasteiger charge is 2.01. The normalized spacial score (nSPS) is 10.5. The maximum Gasteiger partial charge on any atom is 0.0471 e. The van der Waals surface area contributed by atoms with Crippen molar-refractivity contribution in [2.75, 3.05) is 6.61 Å². The van der Waals surface area contributed by atoms with E-state index in [1.165, 1.54) is 0 Å². The summed E-state index contributed by atoms with van der Waals surface area (Å²) in [6.45, 7) is 0.169. The Morgan fingerprint density at radius 3 is 1.94 bits per heavy atom. The summed E-state index contributed by atoms with van der Waals surface area (Å²) in [6.07, 6.45) is 0.677. The average molecular weight is 267 g/mol. The molecule has 0 aliphatic heterocycles. The van der Waals surface area contributed by atoms with Crippen molar-refractivity contribution in [3.8, 4) is 11.1 Å². The van der Waals surface area contributed by atoms with Crippen LogP contribution in [0.5, 0.6) is 0 Å². The molecule has 0 aliphatic carbocycles. The van der Waals surface area contributed by atoms with Gasteiger partial charge in [0.2, 0.25) is 0 Å². The fourth-order valence-corrected chi connectivity index (χ4v) is 2.24. The maximum atomic E-state index is 8.84. The summed E-state index contributed by atoms with van der Waals surface area (Å²) < 4.78 is 0. The minimum absolute atomic E-state index is 0.169. The minimum Gasteiger partial charge on any atom is -0.396 e. The molecule has 0 saturated carbocycles. The standard InChI is InChI=1S/C14H12Cl2O/c15-13-7-12(8-14(16)9-13)11-3-1-10(2-4-11)5-6-17/h1-4,7-9,17H,5-6H2. The Balaban J connectivity index is 2.32. The number of halogens is 2. The highest BCUT2D eigenvalue weighted by atomic mass is 35.5. The zero-order valence-electron chi connectivity index (χ0n) is 9.16. The highest BCUT2D eigenvalue weighted by molar-refractivity contribution is 6.35. The number of rotatable bonds is 3. The maximum absolute atomic E-state index is 8.84. The number of hydrogen-bond acceptors (Lipinski definition) is 1. The Morgan fingerprint density at radius 2 is 1.41 bits per heavy atom. The number of hydrogen-bond donors (Lipinski definition) is 1. The molecular formula is C14H12Cl2O. The highest BCUT2D eigenvalue weighted by Crippen LogP contribution is 2.27. The van der Waals surface area contributed by atoms with E-state index < -0.39 is 0 Å². The summed E-state index contributed by atoms with van der Waals surface area (Å²) in [6, 6.07) is 13.5. The van der Waals surface area contributed by atoms with E-state index in [2.05, 4.69) is 0 Å². The van der Waals surface area contributed by atoms with E-state index in [4.69, 9.17) is 28.3 Å². The zero-order chi connectivity index (χ0) is 12.3. The molecule has 0 heterocycles. The first kappa shape index (κ1) is 12.4. The molecule has 2 aromatic rings. The van der Waals surface area contributed by atoms with Gasteiger partial charge in [0, 0.05) is 16.7 Å². The molecule has 2 aromatic carbocycles. The van der Waals surface area contributed by atoms with Crippen LogP contribution in [0.15, 0.2) is 42.5 Å². The fourth-order valence-electron chi connectivity index (χ4n) is 1.71. The molecule has 2 rings (SSSR count). The van der Waals surface area contributed by atoms with Crippen molar-refractivity contribution >= 4 is 23.2 Å². The molecule has 0 radical (unpaired) electrons. The van der Waals surface area contributed by atoms with Crippen molar-refractivity contribution in [1.82, 2.24) is 0 Å². The van der Waals surface area contributed by atoms with Crippen LogP contribution < -0.4 is 0 Å². The first-order valence-corrected chi connectivity index (χ1v) is 6.11. The van der Waals surface area contributed by atoms with Crippen molar-refractivity contribution in [3.05, 3.63) is 58.1 Å². The topological polar surface area (TPSA) is 20.2 Å². The van der Waals surface area contributed by atoms with E-state index in [1.807, 2.05) is 36.4 Å². The van der Waals surface area contributed by atoms with E-state index in [0.29, 0.717) is 16.5 Å². The summed E-state index contributed by atoms with van der Waals surface area (Å²) in [5.74, 6) is 0. The number of aliphatic hydroxyl groups is 1. The van der Waals surface area contributed by atoms with Crippen molar-refractivity contribution < 1.29 is 5.11 Å². The lowest BCUT2D eigenvalue weighted by atomic mass is 10.0. The van der Waals surface area contributed by atoms with Gasteiger partial charge in [0.25, 0.3) is 0 Å². The Morgan fingerprint density at radius 1 is 0.824 bits per heavy atom. The van der Waals surface area contributed by atoms with Crippen molar-refractivity contribution in [3.63, 3.8) is 0 Å². The molecule has 0 aliphatic rings. The monoisotopic (exact) mass is 266 g/mol. The molecule has 17 heavy (non-hydrogen) atoms. The van der Waals surface area contributed by atoms with E-state index in [-0.39, 0.29) is 6.61 Å². The van der Waals surface area contributed by atoms with E-state index >= 15 is 0 Å². The predicted octanol–water partition coefficient (Wildman–Crippen LogP) is 4.20. The molecule has 0 spiro atoms. The van der Waals surface area contributed by atoms with Crippen LogP contribution in [-0.2, 0) is 6.42 Å². The Kier molecular flexibility index (Phi) is 4.06. The summed E-state index contributed by atoms with van der Waals surface area (Å²) in [5.41, 5.74) is 3.18. The minimum atomic E-state index is 0.169. The second kappa shape index (κ2) is 5.54. The first-order chi connectivity index (χ1) is 8.19. The molecule has 1 N–H and O–H groups in total.